The quantitative estimate of drug-likeness (QED) is 0.401. The number of nitrogens with one attached hydrogen (secondary N) is 1. The van der Waals surface area contributed by atoms with E-state index in [-0.39, 0.29) is 30.5 Å². The van der Waals surface area contributed by atoms with Crippen LogP contribution in [0.4, 0.5) is 0 Å². The van der Waals surface area contributed by atoms with Crippen molar-refractivity contribution in [3.8, 4) is 11.5 Å². The van der Waals surface area contributed by atoms with E-state index < -0.39 is 0 Å². The minimum Gasteiger partial charge on any atom is -0.419 e. The van der Waals surface area contributed by atoms with Crippen molar-refractivity contribution in [2.24, 2.45) is 0 Å². The Morgan fingerprint density at radius 2 is 2.03 bits per heavy atom. The van der Waals surface area contributed by atoms with Crippen LogP contribution < -0.4 is 5.56 Å². The number of H-pyrrole nitrogens is 1. The molecule has 3 aromatic rings. The molecular weight excluding hydrogens is 438 g/mol. The molecule has 0 aliphatic heterocycles. The maximum Gasteiger partial charge on any atom is 0.254 e. The third-order valence-corrected chi connectivity index (χ3v) is 5.71. The lowest BCUT2D eigenvalue weighted by Crippen LogP contribution is -2.37. The SMILES string of the molecule is CSc1nc(C)c(CCC(=O)N(Cc2nnc(-c3ccccc3Cl)o2)C(C)C)c(=O)[nH]1. The van der Waals surface area contributed by atoms with E-state index in [4.69, 9.17) is 16.0 Å². The van der Waals surface area contributed by atoms with Gasteiger partial charge in [-0.15, -0.1) is 10.2 Å². The number of nitrogens with zero attached hydrogens (tertiary/aromatic N) is 4. The van der Waals surface area contributed by atoms with Gasteiger partial charge in [-0.25, -0.2) is 4.98 Å². The number of hydrogen-bond acceptors (Lipinski definition) is 7. The number of halogens is 1. The molecule has 31 heavy (non-hydrogen) atoms. The van der Waals surface area contributed by atoms with Gasteiger partial charge in [0, 0.05) is 23.7 Å². The highest BCUT2D eigenvalue weighted by atomic mass is 35.5. The van der Waals surface area contributed by atoms with Crippen LogP contribution in [0.25, 0.3) is 11.5 Å². The highest BCUT2D eigenvalue weighted by Gasteiger charge is 2.22. The maximum atomic E-state index is 12.9. The summed E-state index contributed by atoms with van der Waals surface area (Å²) < 4.78 is 5.74. The summed E-state index contributed by atoms with van der Waals surface area (Å²) >= 11 is 7.56. The standard InChI is InChI=1S/C21H24ClN5O3S/c1-12(2)27(11-17-25-26-20(30-17)15-7-5-6-8-16(15)22)18(28)10-9-14-13(3)23-21(31-4)24-19(14)29/h5-8,12H,9-11H2,1-4H3,(H,23,24,29). The second-order valence-corrected chi connectivity index (χ2v) is 8.44. The molecule has 0 atom stereocenters. The van der Waals surface area contributed by atoms with Crippen molar-refractivity contribution in [3.05, 3.63) is 56.8 Å². The molecule has 0 saturated carbocycles. The number of carbonyl (C=O) groups is 1. The first-order valence-electron chi connectivity index (χ1n) is 9.80. The normalized spacial score (nSPS) is 11.2. The minimum absolute atomic E-state index is 0.0838. The summed E-state index contributed by atoms with van der Waals surface area (Å²) in [5.41, 5.74) is 1.59. The van der Waals surface area contributed by atoms with Crippen molar-refractivity contribution >= 4 is 29.3 Å². The van der Waals surface area contributed by atoms with E-state index in [0.29, 0.717) is 45.2 Å². The molecule has 0 fully saturated rings. The highest BCUT2D eigenvalue weighted by molar-refractivity contribution is 7.98. The van der Waals surface area contributed by atoms with Crippen molar-refractivity contribution in [3.63, 3.8) is 0 Å². The molecule has 164 valence electrons. The van der Waals surface area contributed by atoms with Gasteiger partial charge in [0.1, 0.15) is 0 Å². The lowest BCUT2D eigenvalue weighted by molar-refractivity contribution is -0.133. The van der Waals surface area contributed by atoms with Crippen molar-refractivity contribution in [1.29, 1.82) is 0 Å². The summed E-state index contributed by atoms with van der Waals surface area (Å²) in [7, 11) is 0. The van der Waals surface area contributed by atoms with Crippen molar-refractivity contribution in [1.82, 2.24) is 25.1 Å². The zero-order chi connectivity index (χ0) is 22.5. The van der Waals surface area contributed by atoms with Gasteiger partial charge in [-0.05, 0) is 45.6 Å². The van der Waals surface area contributed by atoms with E-state index >= 15 is 0 Å². The fraction of sp³-hybridized carbons (Fsp3) is 0.381. The van der Waals surface area contributed by atoms with Crippen molar-refractivity contribution in [2.45, 2.75) is 51.4 Å². The van der Waals surface area contributed by atoms with E-state index in [1.165, 1.54) is 11.8 Å². The first-order chi connectivity index (χ1) is 14.8. The number of benzene rings is 1. The summed E-state index contributed by atoms with van der Waals surface area (Å²) in [5.74, 6) is 0.510. The molecule has 2 aromatic heterocycles. The number of thioether (sulfide) groups is 1. The molecule has 0 saturated heterocycles. The number of rotatable bonds is 8. The molecule has 1 amide bonds. The number of amides is 1. The van der Waals surface area contributed by atoms with Crippen LogP contribution in [0.3, 0.4) is 0 Å². The zero-order valence-electron chi connectivity index (χ0n) is 17.8. The summed E-state index contributed by atoms with van der Waals surface area (Å²) in [6.45, 7) is 5.78. The van der Waals surface area contributed by atoms with Gasteiger partial charge in [0.15, 0.2) is 5.16 Å². The second-order valence-electron chi connectivity index (χ2n) is 7.24. The van der Waals surface area contributed by atoms with Crippen LogP contribution in [-0.4, -0.2) is 43.3 Å². The summed E-state index contributed by atoms with van der Waals surface area (Å²) in [4.78, 5) is 34.0. The number of aromatic amines is 1. The lowest BCUT2D eigenvalue weighted by atomic mass is 10.1. The Hall–Kier alpha value is -2.65. The molecule has 0 bridgehead atoms. The van der Waals surface area contributed by atoms with Crippen LogP contribution in [0.1, 0.15) is 37.4 Å². The molecule has 1 N–H and O–H groups in total. The van der Waals surface area contributed by atoms with Gasteiger partial charge in [0.2, 0.25) is 17.7 Å². The van der Waals surface area contributed by atoms with E-state index in [1.807, 2.05) is 32.2 Å². The fourth-order valence-electron chi connectivity index (χ4n) is 3.12. The number of carbonyl (C=O) groups excluding carboxylic acids is 1. The number of hydrogen-bond donors (Lipinski definition) is 1. The topological polar surface area (TPSA) is 105 Å². The third kappa shape index (κ3) is 5.54. The maximum absolute atomic E-state index is 12.9. The minimum atomic E-state index is -0.206. The molecule has 0 aliphatic rings. The van der Waals surface area contributed by atoms with Gasteiger partial charge < -0.3 is 14.3 Å². The number of aromatic nitrogens is 4. The Morgan fingerprint density at radius 1 is 1.29 bits per heavy atom. The summed E-state index contributed by atoms with van der Waals surface area (Å²) in [6.07, 6.45) is 2.32. The molecule has 0 radical (unpaired) electrons. The highest BCUT2D eigenvalue weighted by Crippen LogP contribution is 2.26. The molecule has 1 aromatic carbocycles. The summed E-state index contributed by atoms with van der Waals surface area (Å²) in [5, 5.41) is 9.20. The van der Waals surface area contributed by atoms with Crippen LogP contribution in [0.15, 0.2) is 38.6 Å². The van der Waals surface area contributed by atoms with Crippen LogP contribution in [-0.2, 0) is 17.8 Å². The van der Waals surface area contributed by atoms with Crippen LogP contribution in [0.5, 0.6) is 0 Å². The molecule has 10 heteroatoms. The third-order valence-electron chi connectivity index (χ3n) is 4.80. The monoisotopic (exact) mass is 461 g/mol. The van der Waals surface area contributed by atoms with Crippen molar-refractivity contribution < 1.29 is 9.21 Å². The van der Waals surface area contributed by atoms with Gasteiger partial charge in [-0.3, -0.25) is 9.59 Å². The van der Waals surface area contributed by atoms with Crippen LogP contribution in [0, 0.1) is 6.92 Å². The first kappa shape index (κ1) is 23.0. The van der Waals surface area contributed by atoms with E-state index in [0.717, 1.165) is 0 Å². The predicted molar refractivity (Wildman–Crippen MR) is 120 cm³/mol. The Bertz CT molecular complexity index is 1130. The van der Waals surface area contributed by atoms with Crippen molar-refractivity contribution in [2.75, 3.05) is 6.26 Å². The number of aryl methyl sites for hydroxylation is 1. The lowest BCUT2D eigenvalue weighted by Gasteiger charge is -2.25. The van der Waals surface area contributed by atoms with Crippen LogP contribution >= 0.6 is 23.4 Å². The molecule has 0 unspecified atom stereocenters. The second kappa shape index (κ2) is 10.1. The van der Waals surface area contributed by atoms with Gasteiger partial charge >= 0.3 is 0 Å². The van der Waals surface area contributed by atoms with Gasteiger partial charge in [-0.1, -0.05) is 35.5 Å². The van der Waals surface area contributed by atoms with Gasteiger partial charge in [0.05, 0.1) is 17.1 Å². The predicted octanol–water partition coefficient (Wildman–Crippen LogP) is 3.87. The average molecular weight is 462 g/mol. The van der Waals surface area contributed by atoms with Gasteiger partial charge in [-0.2, -0.15) is 0 Å². The fourth-order valence-corrected chi connectivity index (χ4v) is 3.76. The van der Waals surface area contributed by atoms with Crippen LogP contribution in [0.2, 0.25) is 5.02 Å². The van der Waals surface area contributed by atoms with E-state index in [9.17, 15) is 9.59 Å². The Morgan fingerprint density at radius 3 is 2.68 bits per heavy atom. The van der Waals surface area contributed by atoms with E-state index in [1.54, 1.807) is 24.0 Å². The summed E-state index contributed by atoms with van der Waals surface area (Å²) in [6, 6.07) is 7.11. The average Bonchev–Trinajstić information content (AvgIpc) is 3.19. The molecule has 3 rings (SSSR count). The van der Waals surface area contributed by atoms with Gasteiger partial charge in [0.25, 0.3) is 5.56 Å². The zero-order valence-corrected chi connectivity index (χ0v) is 19.4. The Kier molecular flexibility index (Phi) is 7.50. The van der Waals surface area contributed by atoms with E-state index in [2.05, 4.69) is 20.2 Å². The molecule has 0 aliphatic carbocycles. The molecule has 0 spiro atoms. The largest absolute Gasteiger partial charge is 0.419 e. The molecule has 8 nitrogen and oxygen atoms in total. The Labute approximate surface area is 189 Å². The smallest absolute Gasteiger partial charge is 0.254 e. The first-order valence-corrected chi connectivity index (χ1v) is 11.4. The molecular formula is C21H24ClN5O3S. The Balaban J connectivity index is 1.71. The molecule has 2 heterocycles.